The van der Waals surface area contributed by atoms with Gasteiger partial charge in [0.15, 0.2) is 0 Å². The molecule has 3 heterocycles. The highest BCUT2D eigenvalue weighted by atomic mass is 19.4. The van der Waals surface area contributed by atoms with Crippen molar-refractivity contribution < 1.29 is 18.0 Å². The van der Waals surface area contributed by atoms with Crippen molar-refractivity contribution in [1.82, 2.24) is 15.0 Å². The minimum Gasteiger partial charge on any atom is -0.370 e. The van der Waals surface area contributed by atoms with E-state index in [0.29, 0.717) is 23.0 Å². The predicted molar refractivity (Wildman–Crippen MR) is 141 cm³/mol. The Hall–Kier alpha value is -4.47. The first-order valence-electron chi connectivity index (χ1n) is 12.2. The molecule has 0 unspecified atom stereocenters. The van der Waals surface area contributed by atoms with Crippen LogP contribution in [0.3, 0.4) is 0 Å². The Labute approximate surface area is 217 Å². The maximum Gasteiger partial charge on any atom is 0.416 e. The highest BCUT2D eigenvalue weighted by Gasteiger charge is 2.32. The lowest BCUT2D eigenvalue weighted by molar-refractivity contribution is -0.137. The molecule has 1 aliphatic rings. The van der Waals surface area contributed by atoms with Gasteiger partial charge in [-0.2, -0.15) is 13.2 Å². The number of nitrogens with one attached hydrogen (secondary N) is 2. The van der Waals surface area contributed by atoms with Gasteiger partial charge in [-0.15, -0.1) is 0 Å². The van der Waals surface area contributed by atoms with Gasteiger partial charge in [-0.3, -0.25) is 9.78 Å². The molecule has 194 valence electrons. The van der Waals surface area contributed by atoms with Gasteiger partial charge in [0.2, 0.25) is 5.95 Å². The van der Waals surface area contributed by atoms with Gasteiger partial charge >= 0.3 is 6.18 Å². The van der Waals surface area contributed by atoms with Crippen molar-refractivity contribution in [2.75, 3.05) is 28.6 Å². The molecule has 0 aliphatic carbocycles. The van der Waals surface area contributed by atoms with E-state index in [4.69, 9.17) is 0 Å². The second-order valence-electron chi connectivity index (χ2n) is 9.04. The van der Waals surface area contributed by atoms with E-state index in [1.165, 1.54) is 6.07 Å². The summed E-state index contributed by atoms with van der Waals surface area (Å²) in [5.74, 6) is -0.181. The van der Waals surface area contributed by atoms with E-state index < -0.39 is 17.6 Å². The summed E-state index contributed by atoms with van der Waals surface area (Å²) in [6, 6.07) is 14.0. The zero-order chi connectivity index (χ0) is 26.7. The van der Waals surface area contributed by atoms with Crippen LogP contribution >= 0.6 is 0 Å². The zero-order valence-electron chi connectivity index (χ0n) is 20.6. The van der Waals surface area contributed by atoms with E-state index in [1.54, 1.807) is 42.9 Å². The number of amides is 1. The lowest BCUT2D eigenvalue weighted by Crippen LogP contribution is -2.22. The van der Waals surface area contributed by atoms with Crippen molar-refractivity contribution in [3.63, 3.8) is 0 Å². The summed E-state index contributed by atoms with van der Waals surface area (Å²) in [6.45, 7) is 3.32. The molecule has 1 fully saturated rings. The normalized spacial score (nSPS) is 13.4. The number of halogens is 3. The highest BCUT2D eigenvalue weighted by molar-refractivity contribution is 6.06. The van der Waals surface area contributed by atoms with Crippen LogP contribution in [0, 0.1) is 6.92 Å². The number of carbonyl (C=O) groups excluding carboxylic acids is 1. The average molecular weight is 519 g/mol. The van der Waals surface area contributed by atoms with E-state index in [1.807, 2.05) is 24.0 Å². The average Bonchev–Trinajstić information content (AvgIpc) is 3.45. The number of anilines is 4. The Morgan fingerprint density at radius 2 is 1.79 bits per heavy atom. The summed E-state index contributed by atoms with van der Waals surface area (Å²) < 4.78 is 40.3. The minimum atomic E-state index is -4.52. The first-order valence-corrected chi connectivity index (χ1v) is 12.2. The van der Waals surface area contributed by atoms with E-state index in [0.717, 1.165) is 49.2 Å². The van der Waals surface area contributed by atoms with E-state index >= 15 is 0 Å². The fraction of sp³-hybridized carbons (Fsp3) is 0.214. The van der Waals surface area contributed by atoms with Gasteiger partial charge in [0.25, 0.3) is 5.91 Å². The van der Waals surface area contributed by atoms with Crippen molar-refractivity contribution in [2.45, 2.75) is 25.9 Å². The third-order valence-electron chi connectivity index (χ3n) is 6.38. The summed E-state index contributed by atoms with van der Waals surface area (Å²) in [5.41, 5.74) is 3.14. The topological polar surface area (TPSA) is 83.0 Å². The Balaban J connectivity index is 1.40. The van der Waals surface area contributed by atoms with Gasteiger partial charge < -0.3 is 15.5 Å². The van der Waals surface area contributed by atoms with Crippen molar-refractivity contribution in [1.29, 1.82) is 0 Å². The molecule has 1 amide bonds. The number of carbonyl (C=O) groups is 1. The van der Waals surface area contributed by atoms with E-state index in [9.17, 15) is 18.0 Å². The molecule has 0 spiro atoms. The Morgan fingerprint density at radius 1 is 0.974 bits per heavy atom. The molecule has 2 N–H and O–H groups in total. The molecule has 0 radical (unpaired) electrons. The van der Waals surface area contributed by atoms with Gasteiger partial charge in [0.1, 0.15) is 0 Å². The summed E-state index contributed by atoms with van der Waals surface area (Å²) >= 11 is 0. The number of rotatable bonds is 6. The van der Waals surface area contributed by atoms with E-state index in [2.05, 4.69) is 25.6 Å². The van der Waals surface area contributed by atoms with Gasteiger partial charge in [0.05, 0.1) is 22.6 Å². The van der Waals surface area contributed by atoms with Gasteiger partial charge in [-0.1, -0.05) is 6.07 Å². The van der Waals surface area contributed by atoms with Crippen LogP contribution in [0.25, 0.3) is 11.3 Å². The maximum absolute atomic E-state index is 13.4. The largest absolute Gasteiger partial charge is 0.416 e. The summed E-state index contributed by atoms with van der Waals surface area (Å²) in [5, 5.41) is 5.86. The van der Waals surface area contributed by atoms with Crippen LogP contribution < -0.4 is 15.5 Å². The van der Waals surface area contributed by atoms with Crippen molar-refractivity contribution in [3.05, 3.63) is 89.9 Å². The van der Waals surface area contributed by atoms with E-state index in [-0.39, 0.29) is 11.3 Å². The van der Waals surface area contributed by atoms with Crippen molar-refractivity contribution in [2.24, 2.45) is 0 Å². The molecule has 7 nitrogen and oxygen atoms in total. The second kappa shape index (κ2) is 10.5. The molecule has 0 saturated carbocycles. The van der Waals surface area contributed by atoms with Crippen LogP contribution in [0.1, 0.15) is 34.3 Å². The molecule has 0 atom stereocenters. The van der Waals surface area contributed by atoms with Crippen LogP contribution in [0.4, 0.5) is 36.2 Å². The molecular formula is C28H25F3N6O. The number of hydrogen-bond acceptors (Lipinski definition) is 6. The summed E-state index contributed by atoms with van der Waals surface area (Å²) in [7, 11) is 0. The number of aromatic nitrogens is 3. The van der Waals surface area contributed by atoms with Gasteiger partial charge in [0, 0.05) is 48.5 Å². The SMILES string of the molecule is Cc1ccc(C(=O)Nc2cc(C(F)(F)F)ccc2N2CCCC2)cc1Nc1nccc(-c2cccnc2)n1. The predicted octanol–water partition coefficient (Wildman–Crippen LogP) is 6.46. The number of pyridine rings is 1. The molecule has 1 aliphatic heterocycles. The maximum atomic E-state index is 13.4. The zero-order valence-corrected chi connectivity index (χ0v) is 20.6. The molecule has 5 rings (SSSR count). The molecule has 0 bridgehead atoms. The standard InChI is InChI=1S/C28H25F3N6O/c1-18-6-7-19(15-23(18)36-27-33-12-10-22(35-27)20-5-4-11-32-17-20)26(38)34-24-16-21(28(29,30)31)8-9-25(24)37-13-2-3-14-37/h4-12,15-17H,2-3,13-14H2,1H3,(H,34,38)(H,33,35,36). The monoisotopic (exact) mass is 518 g/mol. The number of nitrogens with zero attached hydrogens (tertiary/aromatic N) is 4. The first kappa shape index (κ1) is 25.2. The van der Waals surface area contributed by atoms with Gasteiger partial charge in [-0.25, -0.2) is 9.97 Å². The van der Waals surface area contributed by atoms with Crippen LogP contribution in [-0.2, 0) is 6.18 Å². The molecule has 2 aromatic heterocycles. The molecular weight excluding hydrogens is 493 g/mol. The number of hydrogen-bond donors (Lipinski definition) is 2. The Morgan fingerprint density at radius 3 is 2.53 bits per heavy atom. The fourth-order valence-corrected chi connectivity index (χ4v) is 4.35. The second-order valence-corrected chi connectivity index (χ2v) is 9.04. The highest BCUT2D eigenvalue weighted by Crippen LogP contribution is 2.37. The van der Waals surface area contributed by atoms with Crippen LogP contribution in [0.5, 0.6) is 0 Å². The molecule has 2 aromatic carbocycles. The third kappa shape index (κ3) is 5.59. The number of alkyl halides is 3. The molecule has 1 saturated heterocycles. The molecule has 10 heteroatoms. The summed E-state index contributed by atoms with van der Waals surface area (Å²) in [4.78, 5) is 28.1. The van der Waals surface area contributed by atoms with Crippen molar-refractivity contribution in [3.8, 4) is 11.3 Å². The fourth-order valence-electron chi connectivity index (χ4n) is 4.35. The Bertz CT molecular complexity index is 1450. The quantitative estimate of drug-likeness (QED) is 0.305. The summed E-state index contributed by atoms with van der Waals surface area (Å²) in [6.07, 6.45) is 2.38. The Kier molecular flexibility index (Phi) is 6.95. The lowest BCUT2D eigenvalue weighted by Gasteiger charge is -2.23. The van der Waals surface area contributed by atoms with Crippen molar-refractivity contribution >= 4 is 28.9 Å². The minimum absolute atomic E-state index is 0.134. The third-order valence-corrected chi connectivity index (χ3v) is 6.38. The molecule has 38 heavy (non-hydrogen) atoms. The van der Waals surface area contributed by atoms with Crippen LogP contribution in [-0.4, -0.2) is 33.9 Å². The lowest BCUT2D eigenvalue weighted by atomic mass is 10.1. The van der Waals surface area contributed by atoms with Gasteiger partial charge in [-0.05, 0) is 73.9 Å². The van der Waals surface area contributed by atoms with Crippen LogP contribution in [0.2, 0.25) is 0 Å². The molecule has 4 aromatic rings. The smallest absolute Gasteiger partial charge is 0.370 e. The number of benzene rings is 2. The van der Waals surface area contributed by atoms with Crippen LogP contribution in [0.15, 0.2) is 73.2 Å². The number of aryl methyl sites for hydroxylation is 1. The first-order chi connectivity index (χ1) is 18.3.